The van der Waals surface area contributed by atoms with Crippen LogP contribution in [0.1, 0.15) is 24.8 Å². The number of likely N-dealkylation sites (tertiary alicyclic amines) is 2. The molecule has 0 aliphatic carbocycles. The molecule has 2 saturated heterocycles. The molecule has 1 aromatic rings. The standard InChI is InChI=1S/C18H28N4O2/c1-21-8-6-17(23)16(13-21)18(24)20-15-4-9-22(10-5-15)12-14-3-2-7-19-11-14/h2-3,7,11,15-17,23H,4-6,8-10,12-13H2,1H3,(H,20,24)/t16-,17+/m1/s1. The number of carbonyl (C=O) groups excluding carboxylic acids is 1. The Morgan fingerprint density at radius 3 is 2.83 bits per heavy atom. The Morgan fingerprint density at radius 2 is 2.12 bits per heavy atom. The number of nitrogens with zero attached hydrogens (tertiary/aromatic N) is 3. The molecule has 132 valence electrons. The summed E-state index contributed by atoms with van der Waals surface area (Å²) in [6.07, 6.45) is 5.80. The molecular formula is C18H28N4O2. The van der Waals surface area contributed by atoms with Crippen molar-refractivity contribution in [1.82, 2.24) is 20.1 Å². The van der Waals surface area contributed by atoms with Crippen molar-refractivity contribution in [1.29, 1.82) is 0 Å². The zero-order chi connectivity index (χ0) is 16.9. The Morgan fingerprint density at radius 1 is 1.33 bits per heavy atom. The van der Waals surface area contributed by atoms with E-state index in [0.717, 1.165) is 39.0 Å². The SMILES string of the molecule is CN1CC[C@H](O)[C@H](C(=O)NC2CCN(Cc3cccnc3)CC2)C1. The van der Waals surface area contributed by atoms with E-state index in [1.165, 1.54) is 5.56 Å². The fourth-order valence-electron chi connectivity index (χ4n) is 3.65. The van der Waals surface area contributed by atoms with Gasteiger partial charge in [0.25, 0.3) is 0 Å². The molecule has 2 N–H and O–H groups in total. The van der Waals surface area contributed by atoms with Crippen LogP contribution in [-0.4, -0.2) is 71.2 Å². The Kier molecular flexibility index (Phi) is 5.81. The molecular weight excluding hydrogens is 304 g/mol. The summed E-state index contributed by atoms with van der Waals surface area (Å²) in [5.74, 6) is -0.281. The molecule has 0 aromatic carbocycles. The first kappa shape index (κ1) is 17.3. The van der Waals surface area contributed by atoms with Crippen molar-refractivity contribution in [3.63, 3.8) is 0 Å². The van der Waals surface area contributed by atoms with Gasteiger partial charge in [0.05, 0.1) is 12.0 Å². The lowest BCUT2D eigenvalue weighted by molar-refractivity contribution is -0.132. The summed E-state index contributed by atoms with van der Waals surface area (Å²) in [4.78, 5) is 21.2. The summed E-state index contributed by atoms with van der Waals surface area (Å²) in [6, 6.07) is 4.29. The fourth-order valence-corrected chi connectivity index (χ4v) is 3.65. The van der Waals surface area contributed by atoms with Crippen LogP contribution >= 0.6 is 0 Å². The number of amides is 1. The zero-order valence-electron chi connectivity index (χ0n) is 14.4. The first-order valence-corrected chi connectivity index (χ1v) is 8.90. The molecule has 0 bridgehead atoms. The van der Waals surface area contributed by atoms with Crippen molar-refractivity contribution in [2.24, 2.45) is 5.92 Å². The van der Waals surface area contributed by atoms with Gasteiger partial charge in [-0.15, -0.1) is 0 Å². The van der Waals surface area contributed by atoms with Crippen molar-refractivity contribution >= 4 is 5.91 Å². The molecule has 0 spiro atoms. The van der Waals surface area contributed by atoms with Gasteiger partial charge >= 0.3 is 0 Å². The van der Waals surface area contributed by atoms with Gasteiger partial charge in [0.15, 0.2) is 0 Å². The summed E-state index contributed by atoms with van der Waals surface area (Å²) in [5.41, 5.74) is 1.23. The number of pyridine rings is 1. The number of rotatable bonds is 4. The topological polar surface area (TPSA) is 68.7 Å². The molecule has 6 nitrogen and oxygen atoms in total. The first-order chi connectivity index (χ1) is 11.6. The van der Waals surface area contributed by atoms with E-state index in [2.05, 4.69) is 26.2 Å². The number of nitrogens with one attached hydrogen (secondary N) is 1. The molecule has 0 unspecified atom stereocenters. The minimum atomic E-state index is -0.508. The highest BCUT2D eigenvalue weighted by Crippen LogP contribution is 2.18. The predicted octanol–water partition coefficient (Wildman–Crippen LogP) is 0.475. The van der Waals surface area contributed by atoms with Gasteiger partial charge in [-0.2, -0.15) is 0 Å². The second-order valence-electron chi connectivity index (χ2n) is 7.15. The average Bonchev–Trinajstić information content (AvgIpc) is 2.59. The lowest BCUT2D eigenvalue weighted by atomic mass is 9.93. The highest BCUT2D eigenvalue weighted by atomic mass is 16.3. The van der Waals surface area contributed by atoms with Gasteiger partial charge < -0.3 is 15.3 Å². The van der Waals surface area contributed by atoms with Crippen LogP contribution in [-0.2, 0) is 11.3 Å². The first-order valence-electron chi connectivity index (χ1n) is 8.90. The highest BCUT2D eigenvalue weighted by Gasteiger charge is 2.33. The minimum absolute atomic E-state index is 0.0137. The number of aromatic nitrogens is 1. The Hall–Kier alpha value is -1.50. The van der Waals surface area contributed by atoms with E-state index in [9.17, 15) is 9.90 Å². The van der Waals surface area contributed by atoms with E-state index >= 15 is 0 Å². The third-order valence-corrected chi connectivity index (χ3v) is 5.18. The van der Waals surface area contributed by atoms with Gasteiger partial charge in [-0.05, 0) is 37.9 Å². The Balaban J connectivity index is 1.44. The largest absolute Gasteiger partial charge is 0.392 e. The van der Waals surface area contributed by atoms with Crippen LogP contribution in [0, 0.1) is 5.92 Å². The summed E-state index contributed by atoms with van der Waals surface area (Å²) in [6.45, 7) is 4.38. The Bertz CT molecular complexity index is 531. The number of carbonyl (C=O) groups is 1. The van der Waals surface area contributed by atoms with E-state index in [-0.39, 0.29) is 17.9 Å². The molecule has 0 saturated carbocycles. The minimum Gasteiger partial charge on any atom is -0.392 e. The van der Waals surface area contributed by atoms with Gasteiger partial charge in [-0.1, -0.05) is 6.07 Å². The predicted molar refractivity (Wildman–Crippen MR) is 92.3 cm³/mol. The van der Waals surface area contributed by atoms with Gasteiger partial charge in [-0.3, -0.25) is 14.7 Å². The van der Waals surface area contributed by atoms with E-state index < -0.39 is 6.10 Å². The maximum absolute atomic E-state index is 12.5. The van der Waals surface area contributed by atoms with Gasteiger partial charge in [0.2, 0.25) is 5.91 Å². The van der Waals surface area contributed by atoms with Crippen LogP contribution in [0.4, 0.5) is 0 Å². The molecule has 1 aromatic heterocycles. The van der Waals surface area contributed by atoms with Crippen LogP contribution < -0.4 is 5.32 Å². The maximum Gasteiger partial charge on any atom is 0.227 e. The fraction of sp³-hybridized carbons (Fsp3) is 0.667. The van der Waals surface area contributed by atoms with Crippen LogP contribution in [0.3, 0.4) is 0 Å². The monoisotopic (exact) mass is 332 g/mol. The molecule has 3 heterocycles. The van der Waals surface area contributed by atoms with Gasteiger partial charge in [-0.25, -0.2) is 0 Å². The molecule has 2 atom stereocenters. The van der Waals surface area contributed by atoms with E-state index in [0.29, 0.717) is 13.0 Å². The molecule has 2 aliphatic rings. The summed E-state index contributed by atoms with van der Waals surface area (Å²) < 4.78 is 0. The zero-order valence-corrected chi connectivity index (χ0v) is 14.4. The molecule has 2 aliphatic heterocycles. The van der Waals surface area contributed by atoms with E-state index in [1.54, 1.807) is 6.20 Å². The van der Waals surface area contributed by atoms with E-state index in [1.807, 2.05) is 19.3 Å². The normalized spacial score (nSPS) is 27.1. The van der Waals surface area contributed by atoms with Crippen LogP contribution in [0.2, 0.25) is 0 Å². The van der Waals surface area contributed by atoms with Crippen LogP contribution in [0.25, 0.3) is 0 Å². The second kappa shape index (κ2) is 8.05. The van der Waals surface area contributed by atoms with E-state index in [4.69, 9.17) is 0 Å². The molecule has 24 heavy (non-hydrogen) atoms. The molecule has 0 radical (unpaired) electrons. The number of hydrogen-bond donors (Lipinski definition) is 2. The van der Waals surface area contributed by atoms with Crippen molar-refractivity contribution < 1.29 is 9.90 Å². The summed E-state index contributed by atoms with van der Waals surface area (Å²) in [7, 11) is 2.00. The van der Waals surface area contributed by atoms with Gasteiger partial charge in [0.1, 0.15) is 0 Å². The third-order valence-electron chi connectivity index (χ3n) is 5.18. The van der Waals surface area contributed by atoms with Crippen molar-refractivity contribution in [3.05, 3.63) is 30.1 Å². The maximum atomic E-state index is 12.5. The van der Waals surface area contributed by atoms with Crippen molar-refractivity contribution in [2.75, 3.05) is 33.2 Å². The lowest BCUT2D eigenvalue weighted by Crippen LogP contribution is -2.52. The molecule has 6 heteroatoms. The second-order valence-corrected chi connectivity index (χ2v) is 7.15. The summed E-state index contributed by atoms with van der Waals surface area (Å²) in [5, 5.41) is 13.3. The number of aliphatic hydroxyl groups is 1. The third kappa shape index (κ3) is 4.53. The van der Waals surface area contributed by atoms with Crippen LogP contribution in [0.5, 0.6) is 0 Å². The highest BCUT2D eigenvalue weighted by molar-refractivity contribution is 5.80. The molecule has 3 rings (SSSR count). The van der Waals surface area contributed by atoms with Crippen molar-refractivity contribution in [2.45, 2.75) is 38.0 Å². The quantitative estimate of drug-likeness (QED) is 0.839. The number of aliphatic hydroxyl groups excluding tert-OH is 1. The van der Waals surface area contributed by atoms with Crippen LogP contribution in [0.15, 0.2) is 24.5 Å². The lowest BCUT2D eigenvalue weighted by Gasteiger charge is -2.36. The summed E-state index contributed by atoms with van der Waals surface area (Å²) >= 11 is 0. The Labute approximate surface area is 143 Å². The number of piperidine rings is 2. The number of hydrogen-bond acceptors (Lipinski definition) is 5. The molecule has 1 amide bonds. The van der Waals surface area contributed by atoms with Crippen molar-refractivity contribution in [3.8, 4) is 0 Å². The molecule has 2 fully saturated rings. The van der Waals surface area contributed by atoms with Gasteiger partial charge in [0, 0.05) is 51.2 Å². The average molecular weight is 332 g/mol. The smallest absolute Gasteiger partial charge is 0.227 e.